The molecule has 0 saturated heterocycles. The van der Waals surface area contributed by atoms with Crippen molar-refractivity contribution in [2.45, 2.75) is 17.3 Å². The number of aromatic nitrogens is 7. The average molecular weight is 287 g/mol. The monoisotopic (exact) mass is 287 g/mol. The Morgan fingerprint density at radius 3 is 2.65 bits per heavy atom. The fraction of sp³-hybridized carbons (Fsp3) is 0.250. The van der Waals surface area contributed by atoms with Crippen LogP contribution in [0.5, 0.6) is 0 Å². The van der Waals surface area contributed by atoms with Crippen molar-refractivity contribution in [2.24, 2.45) is 7.05 Å². The molecular formula is C12H13N7S. The molecule has 1 aromatic carbocycles. The number of hydrogen-bond acceptors (Lipinski definition) is 6. The second-order valence-corrected chi connectivity index (χ2v) is 5.58. The molecule has 0 bridgehead atoms. The van der Waals surface area contributed by atoms with Gasteiger partial charge in [0.15, 0.2) is 11.0 Å². The molecule has 0 amide bonds. The van der Waals surface area contributed by atoms with E-state index in [2.05, 4.69) is 25.7 Å². The van der Waals surface area contributed by atoms with Gasteiger partial charge in [-0.2, -0.15) is 4.68 Å². The van der Waals surface area contributed by atoms with E-state index in [1.807, 2.05) is 48.9 Å². The van der Waals surface area contributed by atoms with Crippen molar-refractivity contribution < 1.29 is 0 Å². The Hall–Kier alpha value is -2.22. The Bertz CT molecular complexity index is 691. The van der Waals surface area contributed by atoms with Gasteiger partial charge >= 0.3 is 0 Å². The van der Waals surface area contributed by atoms with Crippen LogP contribution in [0.4, 0.5) is 0 Å². The maximum atomic E-state index is 4.13. The molecule has 0 radical (unpaired) electrons. The van der Waals surface area contributed by atoms with Gasteiger partial charge in [0.1, 0.15) is 6.33 Å². The van der Waals surface area contributed by atoms with Gasteiger partial charge in [-0.1, -0.05) is 30.0 Å². The standard InChI is InChI=1S/C12H13N7S/c1-9(20-12-15-13-8-18(12)2)11-14-16-17-19(11)10-6-4-3-5-7-10/h3-9H,1-2H3. The lowest BCUT2D eigenvalue weighted by atomic mass is 10.3. The first-order valence-electron chi connectivity index (χ1n) is 6.10. The summed E-state index contributed by atoms with van der Waals surface area (Å²) in [6.07, 6.45) is 1.68. The molecule has 0 saturated carbocycles. The minimum absolute atomic E-state index is 0.0631. The molecule has 102 valence electrons. The Morgan fingerprint density at radius 1 is 1.15 bits per heavy atom. The summed E-state index contributed by atoms with van der Waals surface area (Å²) in [6.45, 7) is 2.05. The Labute approximate surface area is 120 Å². The van der Waals surface area contributed by atoms with E-state index in [0.717, 1.165) is 16.7 Å². The molecule has 1 atom stereocenters. The van der Waals surface area contributed by atoms with Crippen LogP contribution >= 0.6 is 11.8 Å². The van der Waals surface area contributed by atoms with Crippen molar-refractivity contribution in [1.29, 1.82) is 0 Å². The summed E-state index contributed by atoms with van der Waals surface area (Å²) >= 11 is 1.57. The third kappa shape index (κ3) is 2.42. The first-order chi connectivity index (χ1) is 9.75. The smallest absolute Gasteiger partial charge is 0.191 e. The first kappa shape index (κ1) is 12.8. The lowest BCUT2D eigenvalue weighted by Gasteiger charge is -2.10. The van der Waals surface area contributed by atoms with E-state index in [4.69, 9.17) is 0 Å². The second kappa shape index (κ2) is 5.41. The van der Waals surface area contributed by atoms with Crippen molar-refractivity contribution >= 4 is 11.8 Å². The molecule has 3 aromatic rings. The van der Waals surface area contributed by atoms with Crippen molar-refractivity contribution in [2.75, 3.05) is 0 Å². The topological polar surface area (TPSA) is 74.3 Å². The fourth-order valence-electron chi connectivity index (χ4n) is 1.79. The molecule has 0 fully saturated rings. The minimum Gasteiger partial charge on any atom is -0.312 e. The maximum absolute atomic E-state index is 4.13. The highest BCUT2D eigenvalue weighted by atomic mass is 32.2. The van der Waals surface area contributed by atoms with Crippen LogP contribution in [0.1, 0.15) is 18.0 Å². The first-order valence-corrected chi connectivity index (χ1v) is 6.98. The van der Waals surface area contributed by atoms with E-state index in [0.29, 0.717) is 0 Å². The van der Waals surface area contributed by atoms with E-state index in [1.165, 1.54) is 0 Å². The van der Waals surface area contributed by atoms with Crippen LogP contribution in [0.3, 0.4) is 0 Å². The van der Waals surface area contributed by atoms with Gasteiger partial charge in [-0.3, -0.25) is 0 Å². The molecule has 3 rings (SSSR count). The SMILES string of the molecule is CC(Sc1nncn1C)c1nnnn1-c1ccccc1. The van der Waals surface area contributed by atoms with E-state index < -0.39 is 0 Å². The molecule has 2 heterocycles. The van der Waals surface area contributed by atoms with E-state index >= 15 is 0 Å². The van der Waals surface area contributed by atoms with Gasteiger partial charge in [-0.25, -0.2) is 0 Å². The van der Waals surface area contributed by atoms with Crippen LogP contribution in [-0.4, -0.2) is 35.0 Å². The summed E-state index contributed by atoms with van der Waals surface area (Å²) < 4.78 is 3.62. The maximum Gasteiger partial charge on any atom is 0.191 e. The molecule has 0 N–H and O–H groups in total. The lowest BCUT2D eigenvalue weighted by molar-refractivity contribution is 0.754. The molecule has 2 aromatic heterocycles. The Balaban J connectivity index is 1.88. The molecule has 7 nitrogen and oxygen atoms in total. The third-order valence-corrected chi connectivity index (χ3v) is 3.95. The van der Waals surface area contributed by atoms with E-state index in [1.54, 1.807) is 22.8 Å². The van der Waals surface area contributed by atoms with Gasteiger partial charge in [0.05, 0.1) is 10.9 Å². The zero-order valence-electron chi connectivity index (χ0n) is 11.1. The molecule has 8 heteroatoms. The molecular weight excluding hydrogens is 274 g/mol. The number of aryl methyl sites for hydroxylation is 1. The van der Waals surface area contributed by atoms with E-state index in [-0.39, 0.29) is 5.25 Å². The summed E-state index contributed by atoms with van der Waals surface area (Å²) in [6, 6.07) is 9.83. The van der Waals surface area contributed by atoms with Crippen LogP contribution in [0.25, 0.3) is 5.69 Å². The van der Waals surface area contributed by atoms with Crippen LogP contribution in [0.2, 0.25) is 0 Å². The number of benzene rings is 1. The van der Waals surface area contributed by atoms with Gasteiger partial charge in [-0.15, -0.1) is 15.3 Å². The van der Waals surface area contributed by atoms with Gasteiger partial charge in [0.2, 0.25) is 0 Å². The summed E-state index contributed by atoms with van der Waals surface area (Å²) in [7, 11) is 1.91. The number of nitrogens with zero attached hydrogens (tertiary/aromatic N) is 7. The highest BCUT2D eigenvalue weighted by Crippen LogP contribution is 2.32. The second-order valence-electron chi connectivity index (χ2n) is 4.27. The zero-order chi connectivity index (χ0) is 13.9. The van der Waals surface area contributed by atoms with Crippen LogP contribution in [0.15, 0.2) is 41.8 Å². The van der Waals surface area contributed by atoms with Crippen molar-refractivity contribution in [3.8, 4) is 5.69 Å². The van der Waals surface area contributed by atoms with Crippen LogP contribution in [0, 0.1) is 0 Å². The predicted octanol–water partition coefficient (Wildman–Crippen LogP) is 1.64. The van der Waals surface area contributed by atoms with Gasteiger partial charge in [0.25, 0.3) is 0 Å². The van der Waals surface area contributed by atoms with Crippen LogP contribution in [-0.2, 0) is 7.05 Å². The quantitative estimate of drug-likeness (QED) is 0.679. The number of thioether (sulfide) groups is 1. The zero-order valence-corrected chi connectivity index (χ0v) is 11.9. The molecule has 0 aliphatic carbocycles. The summed E-state index contributed by atoms with van der Waals surface area (Å²) in [5, 5.41) is 20.8. The summed E-state index contributed by atoms with van der Waals surface area (Å²) in [5.74, 6) is 0.782. The normalized spacial score (nSPS) is 12.5. The Morgan fingerprint density at radius 2 is 1.95 bits per heavy atom. The number of rotatable bonds is 4. The highest BCUT2D eigenvalue weighted by Gasteiger charge is 2.18. The fourth-order valence-corrected chi connectivity index (χ4v) is 2.67. The Kier molecular flexibility index (Phi) is 3.46. The largest absolute Gasteiger partial charge is 0.312 e. The highest BCUT2D eigenvalue weighted by molar-refractivity contribution is 7.99. The third-order valence-electron chi connectivity index (χ3n) is 2.81. The number of hydrogen-bond donors (Lipinski definition) is 0. The number of para-hydroxylation sites is 1. The van der Waals surface area contributed by atoms with E-state index in [9.17, 15) is 0 Å². The molecule has 0 spiro atoms. The van der Waals surface area contributed by atoms with Crippen molar-refractivity contribution in [3.63, 3.8) is 0 Å². The summed E-state index contributed by atoms with van der Waals surface area (Å²) in [5.41, 5.74) is 0.943. The van der Waals surface area contributed by atoms with Gasteiger partial charge in [0, 0.05) is 7.05 Å². The van der Waals surface area contributed by atoms with Gasteiger partial charge in [-0.05, 0) is 29.5 Å². The molecule has 0 aliphatic heterocycles. The number of tetrazole rings is 1. The molecule has 1 unspecified atom stereocenters. The lowest BCUT2D eigenvalue weighted by Crippen LogP contribution is -2.05. The molecule has 0 aliphatic rings. The van der Waals surface area contributed by atoms with Gasteiger partial charge < -0.3 is 4.57 Å². The van der Waals surface area contributed by atoms with Crippen molar-refractivity contribution in [3.05, 3.63) is 42.5 Å². The predicted molar refractivity (Wildman–Crippen MR) is 74.4 cm³/mol. The van der Waals surface area contributed by atoms with Crippen LogP contribution < -0.4 is 0 Å². The van der Waals surface area contributed by atoms with Crippen molar-refractivity contribution in [1.82, 2.24) is 35.0 Å². The average Bonchev–Trinajstić information content (AvgIpc) is 3.09. The summed E-state index contributed by atoms with van der Waals surface area (Å²) in [4.78, 5) is 0. The minimum atomic E-state index is 0.0631. The molecule has 20 heavy (non-hydrogen) atoms.